The van der Waals surface area contributed by atoms with Gasteiger partial charge in [0, 0.05) is 19.3 Å². The van der Waals surface area contributed by atoms with E-state index in [2.05, 4.69) is 47.9 Å². The molecule has 0 radical (unpaired) electrons. The van der Waals surface area contributed by atoms with Gasteiger partial charge in [0.25, 0.3) is 0 Å². The molecular formula is C51H76N10O14S. The predicted molar refractivity (Wildman–Crippen MR) is 281 cm³/mol. The molecule has 8 amide bonds. The summed E-state index contributed by atoms with van der Waals surface area (Å²) in [6.07, 6.45) is 1.28. The molecule has 0 spiro atoms. The Kier molecular flexibility index (Phi) is 27.9. The van der Waals surface area contributed by atoms with Crippen molar-refractivity contribution < 1.29 is 68.4 Å². The molecule has 0 aliphatic carbocycles. The number of hydrogen-bond donors (Lipinski definition) is 14. The lowest BCUT2D eigenvalue weighted by atomic mass is 10.0. The molecule has 0 unspecified atom stereocenters. The topological polar surface area (TPSA) is 386 Å². The number of nitrogens with two attached hydrogens (primary N) is 1. The molecule has 10 atom stereocenters. The third kappa shape index (κ3) is 21.9. The second-order valence-electron chi connectivity index (χ2n) is 18.9. The van der Waals surface area contributed by atoms with Gasteiger partial charge in [0.15, 0.2) is 0 Å². The van der Waals surface area contributed by atoms with Crippen molar-refractivity contribution in [3.8, 4) is 0 Å². The van der Waals surface area contributed by atoms with E-state index in [0.717, 1.165) is 6.42 Å². The maximum Gasteiger partial charge on any atom is 0.326 e. The van der Waals surface area contributed by atoms with Gasteiger partial charge in [-0.15, -0.1) is 0 Å². The first kappa shape index (κ1) is 63.6. The molecule has 1 saturated heterocycles. The van der Waals surface area contributed by atoms with E-state index in [9.17, 15) is 68.4 Å². The van der Waals surface area contributed by atoms with Crippen LogP contribution in [0.1, 0.15) is 83.3 Å². The molecule has 3 rings (SSSR count). The molecule has 1 fully saturated rings. The number of carbonyl (C=O) groups is 10. The molecule has 0 aromatic heterocycles. The maximum atomic E-state index is 14.5. The summed E-state index contributed by atoms with van der Waals surface area (Å²) in [7, 11) is 0. The zero-order chi connectivity index (χ0) is 56.3. The van der Waals surface area contributed by atoms with Crippen LogP contribution >= 0.6 is 11.8 Å². The molecule has 420 valence electrons. The summed E-state index contributed by atoms with van der Waals surface area (Å²) < 4.78 is 0. The van der Waals surface area contributed by atoms with Gasteiger partial charge >= 0.3 is 11.9 Å². The highest BCUT2D eigenvalue weighted by Gasteiger charge is 2.37. The second kappa shape index (κ2) is 33.4. The van der Waals surface area contributed by atoms with E-state index in [1.54, 1.807) is 80.8 Å². The molecule has 1 aliphatic rings. The quantitative estimate of drug-likeness (QED) is 0.0336. The molecule has 0 saturated carbocycles. The third-order valence-electron chi connectivity index (χ3n) is 12.4. The van der Waals surface area contributed by atoms with Crippen molar-refractivity contribution in [2.45, 2.75) is 145 Å². The number of aliphatic hydroxyl groups is 2. The molecule has 1 aliphatic heterocycles. The first-order valence-electron chi connectivity index (χ1n) is 25.4. The lowest BCUT2D eigenvalue weighted by Crippen LogP contribution is -2.62. The minimum Gasteiger partial charge on any atom is -0.481 e. The molecule has 24 nitrogen and oxygen atoms in total. The van der Waals surface area contributed by atoms with Crippen LogP contribution < -0.4 is 53.6 Å². The van der Waals surface area contributed by atoms with E-state index in [4.69, 9.17) is 5.73 Å². The highest BCUT2D eigenvalue weighted by atomic mass is 32.2. The fraction of sp³-hybridized carbons (Fsp3) is 0.569. The third-order valence-corrected chi connectivity index (χ3v) is 13.1. The molecule has 76 heavy (non-hydrogen) atoms. The number of amides is 8. The standard InChI is InChI=1S/C51H76N10O14S/c1-29(2)41(49(72)56-36(51(74)75)18-11-12-23-52)60-48(71)39(28-62)59-47(70)37(26-31-14-7-5-8-15-31)57-46(69)38(27-32-16-9-6-10-17-32)58-50(73)42(30(3)63)61-45(68)35(22-25-76-4)55-44(67)34(20-21-40(64)65)54-43(66)33-19-13-24-53-33/h5-10,14-17,29-30,33-39,41-42,53,62-63H,11-13,18-28,52H2,1-4H3,(H,54,66)(H,55,67)(H,56,72)(H,57,69)(H,58,73)(H,59,70)(H,60,71)(H,61,68)(H,64,65)(H,74,75)/t30-,33+,34+,35+,36+,37+,38+,39+,41+,42+/m1/s1. The van der Waals surface area contributed by atoms with Crippen molar-refractivity contribution in [2.24, 2.45) is 11.7 Å². The average Bonchev–Trinajstić information content (AvgIpc) is 3.94. The van der Waals surface area contributed by atoms with Crippen LogP contribution in [0.25, 0.3) is 0 Å². The number of hydrogen-bond acceptors (Lipinski definition) is 15. The van der Waals surface area contributed by atoms with E-state index in [1.165, 1.54) is 18.7 Å². The van der Waals surface area contributed by atoms with Crippen molar-refractivity contribution in [1.29, 1.82) is 0 Å². The van der Waals surface area contributed by atoms with E-state index >= 15 is 0 Å². The summed E-state index contributed by atoms with van der Waals surface area (Å²) in [4.78, 5) is 134. The highest BCUT2D eigenvalue weighted by Crippen LogP contribution is 2.13. The van der Waals surface area contributed by atoms with Gasteiger partial charge in [-0.3, -0.25) is 43.2 Å². The Hall–Kier alpha value is -6.67. The average molecular weight is 1090 g/mol. The normalized spacial score (nSPS) is 16.7. The first-order chi connectivity index (χ1) is 36.2. The summed E-state index contributed by atoms with van der Waals surface area (Å²) >= 11 is 1.34. The highest BCUT2D eigenvalue weighted by molar-refractivity contribution is 7.98. The Labute approximate surface area is 446 Å². The van der Waals surface area contributed by atoms with Gasteiger partial charge in [-0.25, -0.2) is 4.79 Å². The van der Waals surface area contributed by atoms with Crippen LogP contribution in [0.15, 0.2) is 60.7 Å². The maximum absolute atomic E-state index is 14.5. The minimum atomic E-state index is -1.74. The number of benzene rings is 2. The van der Waals surface area contributed by atoms with Gasteiger partial charge in [-0.1, -0.05) is 74.5 Å². The zero-order valence-electron chi connectivity index (χ0n) is 43.4. The van der Waals surface area contributed by atoms with Crippen LogP contribution in [-0.4, -0.2) is 172 Å². The van der Waals surface area contributed by atoms with Crippen molar-refractivity contribution in [1.82, 2.24) is 47.9 Å². The van der Waals surface area contributed by atoms with Crippen LogP contribution in [0.3, 0.4) is 0 Å². The first-order valence-corrected chi connectivity index (χ1v) is 26.8. The number of rotatable bonds is 34. The SMILES string of the molecule is CSCC[C@H](NC(=O)[C@H](CCC(=O)O)NC(=O)[C@@H]1CCCN1)C(=O)N[C@H](C(=O)N[C@@H](Cc1ccccc1)C(=O)N[C@@H](Cc1ccccc1)C(=O)N[C@@H](CO)C(=O)N[C@H](C(=O)N[C@@H](CCCCN)C(=O)O)C(C)C)[C@@H](C)O. The van der Waals surface area contributed by atoms with Crippen LogP contribution in [0.5, 0.6) is 0 Å². The number of aliphatic hydroxyl groups excluding tert-OH is 2. The summed E-state index contributed by atoms with van der Waals surface area (Å²) in [6, 6.07) is 4.62. The Bertz CT molecular complexity index is 2240. The molecule has 15 N–H and O–H groups in total. The van der Waals surface area contributed by atoms with Gasteiger partial charge in [0.05, 0.1) is 18.8 Å². The van der Waals surface area contributed by atoms with E-state index in [1.807, 2.05) is 0 Å². The molecule has 0 bridgehead atoms. The van der Waals surface area contributed by atoms with E-state index in [0.29, 0.717) is 49.2 Å². The Morgan fingerprint density at radius 3 is 1.57 bits per heavy atom. The zero-order valence-corrected chi connectivity index (χ0v) is 44.2. The molecule has 2 aromatic carbocycles. The number of carboxylic acid groups (broad SMARTS) is 2. The summed E-state index contributed by atoms with van der Waals surface area (Å²) in [5, 5.41) is 63.6. The molecule has 25 heteroatoms. The van der Waals surface area contributed by atoms with Gasteiger partial charge in [-0.05, 0) is 94.0 Å². The van der Waals surface area contributed by atoms with Gasteiger partial charge in [-0.2, -0.15) is 11.8 Å². The fourth-order valence-electron chi connectivity index (χ4n) is 8.07. The summed E-state index contributed by atoms with van der Waals surface area (Å²) in [5.41, 5.74) is 6.63. The van der Waals surface area contributed by atoms with Crippen molar-refractivity contribution in [2.75, 3.05) is 31.7 Å². The lowest BCUT2D eigenvalue weighted by molar-refractivity contribution is -0.143. The lowest BCUT2D eigenvalue weighted by Gasteiger charge is -2.29. The Balaban J connectivity index is 1.88. The van der Waals surface area contributed by atoms with Gasteiger partial charge < -0.3 is 74.0 Å². The molecular weight excluding hydrogens is 1010 g/mol. The molecule has 2 aromatic rings. The number of nitrogens with one attached hydrogen (secondary N) is 9. The van der Waals surface area contributed by atoms with Crippen LogP contribution in [-0.2, 0) is 60.8 Å². The number of carboxylic acids is 2. The number of aliphatic carboxylic acids is 2. The van der Waals surface area contributed by atoms with E-state index in [-0.39, 0.29) is 32.1 Å². The smallest absolute Gasteiger partial charge is 0.326 e. The minimum absolute atomic E-state index is 0.0101. The molecule has 1 heterocycles. The van der Waals surface area contributed by atoms with Gasteiger partial charge in [0.2, 0.25) is 47.3 Å². The second-order valence-corrected chi connectivity index (χ2v) is 19.9. The van der Waals surface area contributed by atoms with Crippen LogP contribution in [0.4, 0.5) is 0 Å². The fourth-order valence-corrected chi connectivity index (χ4v) is 8.54. The number of carbonyl (C=O) groups excluding carboxylic acids is 8. The van der Waals surface area contributed by atoms with Gasteiger partial charge in [0.1, 0.15) is 48.3 Å². The summed E-state index contributed by atoms with van der Waals surface area (Å²) in [6.45, 7) is 4.35. The number of thioether (sulfide) groups is 1. The Morgan fingerprint density at radius 1 is 0.605 bits per heavy atom. The van der Waals surface area contributed by atoms with Crippen molar-refractivity contribution >= 4 is 71.0 Å². The monoisotopic (exact) mass is 1080 g/mol. The summed E-state index contributed by atoms with van der Waals surface area (Å²) in [5.74, 6) is -9.79. The number of unbranched alkanes of at least 4 members (excludes halogenated alkanes) is 1. The van der Waals surface area contributed by atoms with Crippen molar-refractivity contribution in [3.63, 3.8) is 0 Å². The largest absolute Gasteiger partial charge is 0.481 e. The predicted octanol–water partition coefficient (Wildman–Crippen LogP) is -2.04. The van der Waals surface area contributed by atoms with E-state index < -0.39 is 139 Å². The van der Waals surface area contributed by atoms with Crippen molar-refractivity contribution in [3.05, 3.63) is 71.8 Å². The van der Waals surface area contributed by atoms with Crippen LogP contribution in [0.2, 0.25) is 0 Å². The Morgan fingerprint density at radius 2 is 1.08 bits per heavy atom. The van der Waals surface area contributed by atoms with Crippen LogP contribution in [0, 0.1) is 5.92 Å².